The van der Waals surface area contributed by atoms with Gasteiger partial charge in [0.2, 0.25) is 13.2 Å². The maximum absolute atomic E-state index is 11.9. The number of nitrogens with zero attached hydrogens (tertiary/aromatic N) is 2. The summed E-state index contributed by atoms with van der Waals surface area (Å²) in [4.78, 5) is 26.4. The standard InChI is InChI=1S/C17H23NO4.C9H19NO/c1-3-4-5-13-16(17(19)20)12(9-18(13)2)11-6-7-14-15(8-11)22-10-21-14;1-3-5-7-10(9-11)8-6-4-2/h6-8,12-13,16H,3-5,9-10H2,1-2H3,(H,19,20);9H,3-8H2,1-2H3. The van der Waals surface area contributed by atoms with Crippen molar-refractivity contribution in [2.45, 2.75) is 77.7 Å². The van der Waals surface area contributed by atoms with Crippen LogP contribution < -0.4 is 9.47 Å². The minimum Gasteiger partial charge on any atom is -0.481 e. The number of carbonyl (C=O) groups excluding carboxylic acids is 1. The number of carboxylic acids is 1. The molecule has 7 heteroatoms. The lowest BCUT2D eigenvalue weighted by Crippen LogP contribution is -2.33. The molecular formula is C26H42N2O5. The third kappa shape index (κ3) is 7.63. The minimum absolute atomic E-state index is 0.00106. The number of likely N-dealkylation sites (tertiary alicyclic amines) is 1. The Morgan fingerprint density at radius 3 is 2.30 bits per heavy atom. The van der Waals surface area contributed by atoms with Crippen LogP contribution in [0.3, 0.4) is 0 Å². The van der Waals surface area contributed by atoms with Gasteiger partial charge in [-0.05, 0) is 44.0 Å². The number of likely N-dealkylation sites (N-methyl/N-ethyl adjacent to an activating group) is 1. The average molecular weight is 463 g/mol. The molecule has 0 aliphatic carbocycles. The zero-order chi connectivity index (χ0) is 24.2. The summed E-state index contributed by atoms with van der Waals surface area (Å²) < 4.78 is 10.8. The second-order valence-corrected chi connectivity index (χ2v) is 9.08. The molecule has 1 aromatic carbocycles. The van der Waals surface area contributed by atoms with Gasteiger partial charge in [-0.25, -0.2) is 0 Å². The number of fused-ring (bicyclic) bond motifs is 1. The fraction of sp³-hybridized carbons (Fsp3) is 0.692. The van der Waals surface area contributed by atoms with Crippen molar-refractivity contribution in [2.75, 3.05) is 33.5 Å². The Morgan fingerprint density at radius 2 is 1.73 bits per heavy atom. The van der Waals surface area contributed by atoms with E-state index in [0.29, 0.717) is 0 Å². The highest BCUT2D eigenvalue weighted by molar-refractivity contribution is 5.73. The number of carbonyl (C=O) groups is 2. The van der Waals surface area contributed by atoms with E-state index in [4.69, 9.17) is 9.47 Å². The van der Waals surface area contributed by atoms with E-state index in [0.717, 1.165) is 88.1 Å². The number of rotatable bonds is 12. The molecule has 2 aliphatic rings. The molecule has 0 saturated carbocycles. The number of aliphatic carboxylic acids is 1. The largest absolute Gasteiger partial charge is 0.481 e. The third-order valence-electron chi connectivity index (χ3n) is 6.61. The van der Waals surface area contributed by atoms with Crippen LogP contribution >= 0.6 is 0 Å². The van der Waals surface area contributed by atoms with Crippen LogP contribution in [-0.2, 0) is 9.59 Å². The average Bonchev–Trinajstić information content (AvgIpc) is 3.41. The van der Waals surface area contributed by atoms with Crippen LogP contribution in [0.4, 0.5) is 0 Å². The predicted octanol–water partition coefficient (Wildman–Crippen LogP) is 4.75. The first-order valence-electron chi connectivity index (χ1n) is 12.5. The monoisotopic (exact) mass is 462 g/mol. The summed E-state index contributed by atoms with van der Waals surface area (Å²) in [7, 11) is 2.03. The number of hydrogen-bond donors (Lipinski definition) is 1. The molecule has 0 aromatic heterocycles. The third-order valence-corrected chi connectivity index (χ3v) is 6.61. The predicted molar refractivity (Wildman–Crippen MR) is 130 cm³/mol. The summed E-state index contributed by atoms with van der Waals surface area (Å²) in [6, 6.07) is 5.91. The van der Waals surface area contributed by atoms with Crippen LogP contribution in [0.2, 0.25) is 0 Å². The lowest BCUT2D eigenvalue weighted by Gasteiger charge is -2.23. The van der Waals surface area contributed by atoms with Gasteiger partial charge in [0.15, 0.2) is 11.5 Å². The Kier molecular flexibility index (Phi) is 11.5. The van der Waals surface area contributed by atoms with Crippen LogP contribution in [0.25, 0.3) is 0 Å². The van der Waals surface area contributed by atoms with Gasteiger partial charge in [0.25, 0.3) is 0 Å². The zero-order valence-corrected chi connectivity index (χ0v) is 20.8. The van der Waals surface area contributed by atoms with Crippen molar-refractivity contribution < 1.29 is 24.2 Å². The first kappa shape index (κ1) is 27.0. The van der Waals surface area contributed by atoms with Crippen molar-refractivity contribution in [3.8, 4) is 11.5 Å². The van der Waals surface area contributed by atoms with Crippen molar-refractivity contribution in [2.24, 2.45) is 5.92 Å². The first-order chi connectivity index (χ1) is 16.0. The smallest absolute Gasteiger partial charge is 0.308 e. The highest BCUT2D eigenvalue weighted by Gasteiger charge is 2.44. The van der Waals surface area contributed by atoms with E-state index < -0.39 is 5.97 Å². The lowest BCUT2D eigenvalue weighted by molar-refractivity contribution is -0.143. The summed E-state index contributed by atoms with van der Waals surface area (Å²) in [6.07, 6.45) is 8.63. The summed E-state index contributed by atoms with van der Waals surface area (Å²) in [6.45, 7) is 9.29. The van der Waals surface area contributed by atoms with Gasteiger partial charge >= 0.3 is 5.97 Å². The summed E-state index contributed by atoms with van der Waals surface area (Å²) in [5.74, 6) is 0.398. The van der Waals surface area contributed by atoms with Crippen LogP contribution in [0.1, 0.15) is 77.2 Å². The molecule has 2 heterocycles. The fourth-order valence-electron chi connectivity index (χ4n) is 4.65. The summed E-state index contributed by atoms with van der Waals surface area (Å²) in [5, 5.41) is 9.74. The number of amides is 1. The SMILES string of the molecule is CCCCC1C(C(=O)O)C(c2ccc3c(c2)OCO3)CN1C.CCCCN(C=O)CCCC. The zero-order valence-electron chi connectivity index (χ0n) is 20.8. The Hall–Kier alpha value is -2.28. The fourth-order valence-corrected chi connectivity index (χ4v) is 4.65. The normalized spacial score (nSPS) is 21.4. The molecule has 0 spiro atoms. The molecule has 0 bridgehead atoms. The van der Waals surface area contributed by atoms with Gasteiger partial charge in [0, 0.05) is 31.6 Å². The summed E-state index contributed by atoms with van der Waals surface area (Å²) >= 11 is 0. The lowest BCUT2D eigenvalue weighted by atomic mass is 9.83. The van der Waals surface area contributed by atoms with E-state index in [9.17, 15) is 14.7 Å². The van der Waals surface area contributed by atoms with Gasteiger partial charge in [-0.15, -0.1) is 0 Å². The Balaban J connectivity index is 0.000000299. The van der Waals surface area contributed by atoms with E-state index >= 15 is 0 Å². The van der Waals surface area contributed by atoms with Crippen molar-refractivity contribution in [3.63, 3.8) is 0 Å². The van der Waals surface area contributed by atoms with Crippen LogP contribution in [-0.4, -0.2) is 66.8 Å². The van der Waals surface area contributed by atoms with Crippen LogP contribution in [0, 0.1) is 5.92 Å². The number of hydrogen-bond acceptors (Lipinski definition) is 5. The van der Waals surface area contributed by atoms with Gasteiger partial charge < -0.3 is 24.4 Å². The highest BCUT2D eigenvalue weighted by atomic mass is 16.7. The van der Waals surface area contributed by atoms with Crippen molar-refractivity contribution >= 4 is 12.4 Å². The molecule has 2 aliphatic heterocycles. The second kappa shape index (κ2) is 14.1. The molecule has 3 rings (SSSR count). The molecule has 1 fully saturated rings. The maximum atomic E-state index is 11.9. The van der Waals surface area contributed by atoms with Crippen molar-refractivity contribution in [1.29, 1.82) is 0 Å². The molecule has 7 nitrogen and oxygen atoms in total. The van der Waals surface area contributed by atoms with Gasteiger partial charge in [0.05, 0.1) is 5.92 Å². The molecule has 1 saturated heterocycles. The van der Waals surface area contributed by atoms with E-state index in [1.54, 1.807) is 0 Å². The first-order valence-corrected chi connectivity index (χ1v) is 12.5. The molecular weight excluding hydrogens is 420 g/mol. The maximum Gasteiger partial charge on any atom is 0.308 e. The quantitative estimate of drug-likeness (QED) is 0.452. The van der Waals surface area contributed by atoms with E-state index in [1.165, 1.54) is 0 Å². The highest BCUT2D eigenvalue weighted by Crippen LogP contribution is 2.42. The van der Waals surface area contributed by atoms with Gasteiger partial charge in [-0.2, -0.15) is 0 Å². The van der Waals surface area contributed by atoms with Gasteiger partial charge in [0.1, 0.15) is 0 Å². The number of benzene rings is 1. The molecule has 1 N–H and O–H groups in total. The number of unbranched alkanes of at least 4 members (excludes halogenated alkanes) is 3. The van der Waals surface area contributed by atoms with Gasteiger partial charge in [-0.3, -0.25) is 9.59 Å². The molecule has 0 radical (unpaired) electrons. The van der Waals surface area contributed by atoms with E-state index in [-0.39, 0.29) is 24.7 Å². The van der Waals surface area contributed by atoms with Crippen LogP contribution in [0.15, 0.2) is 18.2 Å². The molecule has 3 unspecified atom stereocenters. The number of ether oxygens (including phenoxy) is 2. The summed E-state index contributed by atoms with van der Waals surface area (Å²) in [5.41, 5.74) is 1.03. The molecule has 186 valence electrons. The molecule has 33 heavy (non-hydrogen) atoms. The Labute approximate surface area is 199 Å². The Bertz CT molecular complexity index is 733. The topological polar surface area (TPSA) is 79.3 Å². The molecule has 1 aromatic rings. The van der Waals surface area contributed by atoms with E-state index in [2.05, 4.69) is 25.7 Å². The molecule has 3 atom stereocenters. The van der Waals surface area contributed by atoms with E-state index in [1.807, 2.05) is 30.1 Å². The number of carboxylic acid groups (broad SMARTS) is 1. The Morgan fingerprint density at radius 1 is 1.09 bits per heavy atom. The minimum atomic E-state index is -0.701. The van der Waals surface area contributed by atoms with Crippen LogP contribution in [0.5, 0.6) is 11.5 Å². The van der Waals surface area contributed by atoms with Crippen molar-refractivity contribution in [3.05, 3.63) is 23.8 Å². The van der Waals surface area contributed by atoms with Crippen molar-refractivity contribution in [1.82, 2.24) is 9.80 Å². The molecule has 1 amide bonds. The van der Waals surface area contributed by atoms with Gasteiger partial charge in [-0.1, -0.05) is 52.5 Å². The second-order valence-electron chi connectivity index (χ2n) is 9.08.